The molecule has 8 nitrogen and oxygen atoms in total. The van der Waals surface area contributed by atoms with Gasteiger partial charge >= 0.3 is 0 Å². The summed E-state index contributed by atoms with van der Waals surface area (Å²) in [7, 11) is 1.80. The van der Waals surface area contributed by atoms with Crippen molar-refractivity contribution in [2.45, 2.75) is 19.9 Å². The molecule has 0 bridgehead atoms. The first kappa shape index (κ1) is 26.1. The van der Waals surface area contributed by atoms with E-state index in [2.05, 4.69) is 10.6 Å². The molecular formula is C23H28ClFN4O4S. The molecule has 0 spiro atoms. The van der Waals surface area contributed by atoms with Crippen LogP contribution in [0.1, 0.15) is 23.5 Å². The van der Waals surface area contributed by atoms with Gasteiger partial charge in [-0.2, -0.15) is 0 Å². The number of likely N-dealkylation sites (N-methyl/N-ethyl adjacent to an activating group) is 1. The third-order valence-corrected chi connectivity index (χ3v) is 6.46. The van der Waals surface area contributed by atoms with E-state index in [9.17, 15) is 18.8 Å². The second-order valence-electron chi connectivity index (χ2n) is 8.42. The van der Waals surface area contributed by atoms with Crippen LogP contribution in [0.3, 0.4) is 0 Å². The number of ether oxygens (including phenoxy) is 1. The fourth-order valence-corrected chi connectivity index (χ4v) is 4.63. The average molecular weight is 511 g/mol. The number of rotatable bonds is 9. The molecule has 0 radical (unpaired) electrons. The lowest BCUT2D eigenvalue weighted by Crippen LogP contribution is -2.50. The summed E-state index contributed by atoms with van der Waals surface area (Å²) in [4.78, 5) is 41.2. The van der Waals surface area contributed by atoms with Gasteiger partial charge in [-0.3, -0.25) is 19.3 Å². The highest BCUT2D eigenvalue weighted by Crippen LogP contribution is 2.25. The minimum atomic E-state index is -0.689. The van der Waals surface area contributed by atoms with Crippen molar-refractivity contribution in [1.29, 1.82) is 0 Å². The van der Waals surface area contributed by atoms with Gasteiger partial charge in [-0.05, 0) is 43.3 Å². The van der Waals surface area contributed by atoms with Gasteiger partial charge < -0.3 is 20.3 Å². The number of benzene rings is 1. The first-order valence-electron chi connectivity index (χ1n) is 10.9. The van der Waals surface area contributed by atoms with E-state index in [0.717, 1.165) is 11.3 Å². The lowest BCUT2D eigenvalue weighted by molar-refractivity contribution is -0.125. The van der Waals surface area contributed by atoms with Crippen LogP contribution in [0.15, 0.2) is 30.3 Å². The number of hydrogen-bond acceptors (Lipinski definition) is 6. The Kier molecular flexibility index (Phi) is 9.01. The first-order valence-corrected chi connectivity index (χ1v) is 12.1. The molecule has 2 heterocycles. The number of carbonyl (C=O) groups is 3. The van der Waals surface area contributed by atoms with Crippen LogP contribution in [0.2, 0.25) is 4.34 Å². The van der Waals surface area contributed by atoms with Crippen molar-refractivity contribution in [2.75, 3.05) is 50.1 Å². The molecule has 0 saturated carbocycles. The summed E-state index contributed by atoms with van der Waals surface area (Å²) >= 11 is 7.06. The van der Waals surface area contributed by atoms with Gasteiger partial charge in [0.25, 0.3) is 11.8 Å². The van der Waals surface area contributed by atoms with Gasteiger partial charge in [-0.25, -0.2) is 4.39 Å². The van der Waals surface area contributed by atoms with Crippen LogP contribution >= 0.6 is 22.9 Å². The van der Waals surface area contributed by atoms with Gasteiger partial charge in [0.1, 0.15) is 18.5 Å². The maximum atomic E-state index is 14.8. The van der Waals surface area contributed by atoms with Gasteiger partial charge in [0.2, 0.25) is 5.91 Å². The third kappa shape index (κ3) is 6.75. The fraction of sp³-hybridized carbons (Fsp3) is 0.435. The lowest BCUT2D eigenvalue weighted by Gasteiger charge is -2.29. The number of anilines is 2. The first-order chi connectivity index (χ1) is 16.2. The van der Waals surface area contributed by atoms with Crippen LogP contribution in [0.5, 0.6) is 0 Å². The molecule has 3 rings (SSSR count). The maximum absolute atomic E-state index is 14.8. The monoisotopic (exact) mass is 510 g/mol. The summed E-state index contributed by atoms with van der Waals surface area (Å²) in [5, 5.41) is 5.51. The molecule has 1 aliphatic heterocycles. The highest BCUT2D eigenvalue weighted by atomic mass is 35.5. The second kappa shape index (κ2) is 11.7. The predicted molar refractivity (Wildman–Crippen MR) is 131 cm³/mol. The van der Waals surface area contributed by atoms with E-state index < -0.39 is 11.9 Å². The Labute approximate surface area is 207 Å². The number of halogens is 2. The topological polar surface area (TPSA) is 91.0 Å². The normalized spacial score (nSPS) is 15.0. The molecule has 1 aliphatic rings. The Morgan fingerprint density at radius 1 is 1.29 bits per heavy atom. The van der Waals surface area contributed by atoms with Crippen LogP contribution in [-0.2, 0) is 14.3 Å². The number of morpholine rings is 1. The van der Waals surface area contributed by atoms with Gasteiger partial charge in [0.05, 0.1) is 21.5 Å². The SMILES string of the molecule is CC(C)CN(C)[C@@H](CNC(=O)c1ccc(Cl)s1)C(=O)Nc1ccc(N2CCOCC2=O)c(F)c1. The largest absolute Gasteiger partial charge is 0.370 e. The average Bonchev–Trinajstić information content (AvgIpc) is 3.20. The lowest BCUT2D eigenvalue weighted by atomic mass is 10.1. The van der Waals surface area contributed by atoms with Crippen LogP contribution in [0, 0.1) is 11.7 Å². The highest BCUT2D eigenvalue weighted by molar-refractivity contribution is 7.18. The maximum Gasteiger partial charge on any atom is 0.261 e. The molecule has 2 N–H and O–H groups in total. The molecule has 0 aliphatic carbocycles. The number of thiophene rings is 1. The van der Waals surface area contributed by atoms with Crippen molar-refractivity contribution >= 4 is 52.0 Å². The smallest absolute Gasteiger partial charge is 0.261 e. The van der Waals surface area contributed by atoms with Crippen molar-refractivity contribution in [3.63, 3.8) is 0 Å². The molecule has 184 valence electrons. The molecule has 3 amide bonds. The molecular weight excluding hydrogens is 483 g/mol. The number of nitrogens with zero attached hydrogens (tertiary/aromatic N) is 2. The Morgan fingerprint density at radius 3 is 2.68 bits per heavy atom. The Morgan fingerprint density at radius 2 is 2.06 bits per heavy atom. The minimum absolute atomic E-state index is 0.0618. The molecule has 0 unspecified atom stereocenters. The zero-order valence-corrected chi connectivity index (χ0v) is 20.8. The minimum Gasteiger partial charge on any atom is -0.370 e. The Bertz CT molecular complexity index is 1050. The summed E-state index contributed by atoms with van der Waals surface area (Å²) in [6.45, 7) is 5.23. The Hall–Kier alpha value is -2.53. The number of hydrogen-bond donors (Lipinski definition) is 2. The van der Waals surface area contributed by atoms with Gasteiger partial charge in [0, 0.05) is 25.3 Å². The van der Waals surface area contributed by atoms with E-state index in [4.69, 9.17) is 16.3 Å². The number of carbonyl (C=O) groups excluding carboxylic acids is 3. The zero-order valence-electron chi connectivity index (χ0n) is 19.3. The molecule has 1 aromatic heterocycles. The van der Waals surface area contributed by atoms with E-state index in [1.54, 1.807) is 25.2 Å². The van der Waals surface area contributed by atoms with Crippen molar-refractivity contribution in [1.82, 2.24) is 10.2 Å². The predicted octanol–water partition coefficient (Wildman–Crippen LogP) is 3.23. The van der Waals surface area contributed by atoms with E-state index >= 15 is 0 Å². The third-order valence-electron chi connectivity index (χ3n) is 5.23. The quantitative estimate of drug-likeness (QED) is 0.540. The van der Waals surface area contributed by atoms with Crippen LogP contribution in [-0.4, -0.2) is 68.6 Å². The second-order valence-corrected chi connectivity index (χ2v) is 10.1. The summed E-state index contributed by atoms with van der Waals surface area (Å²) in [6, 6.07) is 6.76. The zero-order chi connectivity index (χ0) is 24.8. The van der Waals surface area contributed by atoms with Crippen molar-refractivity contribution in [3.05, 3.63) is 45.4 Å². The highest BCUT2D eigenvalue weighted by Gasteiger charge is 2.26. The van der Waals surface area contributed by atoms with E-state index in [0.29, 0.717) is 22.4 Å². The molecule has 1 fully saturated rings. The van der Waals surface area contributed by atoms with Crippen LogP contribution in [0.4, 0.5) is 15.8 Å². The molecule has 1 atom stereocenters. The van der Waals surface area contributed by atoms with Gasteiger partial charge in [0.15, 0.2) is 0 Å². The summed E-state index contributed by atoms with van der Waals surface area (Å²) in [5.74, 6) is -1.36. The van der Waals surface area contributed by atoms with Gasteiger partial charge in [-0.1, -0.05) is 25.4 Å². The van der Waals surface area contributed by atoms with Gasteiger partial charge in [-0.15, -0.1) is 11.3 Å². The van der Waals surface area contributed by atoms with Crippen LogP contribution in [0.25, 0.3) is 0 Å². The van der Waals surface area contributed by atoms with E-state index in [-0.39, 0.29) is 54.7 Å². The van der Waals surface area contributed by atoms with Crippen molar-refractivity contribution in [2.24, 2.45) is 5.92 Å². The number of amides is 3. The molecule has 1 saturated heterocycles. The molecule has 11 heteroatoms. The fourth-order valence-electron chi connectivity index (χ4n) is 3.67. The van der Waals surface area contributed by atoms with E-state index in [1.165, 1.54) is 17.0 Å². The summed E-state index contributed by atoms with van der Waals surface area (Å²) in [5.41, 5.74) is 0.396. The van der Waals surface area contributed by atoms with E-state index in [1.807, 2.05) is 18.7 Å². The summed E-state index contributed by atoms with van der Waals surface area (Å²) in [6.07, 6.45) is 0. The van der Waals surface area contributed by atoms with Crippen molar-refractivity contribution in [3.8, 4) is 0 Å². The standard InChI is InChI=1S/C23H28ClFN4O4S/c1-14(2)12-28(3)18(11-26-23(32)19-6-7-20(24)34-19)22(31)27-15-4-5-17(16(25)10-15)29-8-9-33-13-21(29)30/h4-7,10,14,18H,8-9,11-13H2,1-3H3,(H,26,32)(H,27,31)/t18-/m0/s1. The number of nitrogens with one attached hydrogen (secondary N) is 2. The molecule has 34 heavy (non-hydrogen) atoms. The molecule has 2 aromatic rings. The van der Waals surface area contributed by atoms with Crippen molar-refractivity contribution < 1.29 is 23.5 Å². The summed E-state index contributed by atoms with van der Waals surface area (Å²) < 4.78 is 20.4. The Balaban J connectivity index is 1.70. The van der Waals surface area contributed by atoms with Crippen LogP contribution < -0.4 is 15.5 Å². The molecule has 1 aromatic carbocycles.